The molecule has 5 heterocycles. The molecule has 2 amide bonds. The second-order valence-corrected chi connectivity index (χ2v) is 8.00. The van der Waals surface area contributed by atoms with Crippen LogP contribution in [0.3, 0.4) is 0 Å². The lowest BCUT2D eigenvalue weighted by Gasteiger charge is -2.22. The Morgan fingerprint density at radius 1 is 1.03 bits per heavy atom. The van der Waals surface area contributed by atoms with E-state index in [9.17, 15) is 9.59 Å². The van der Waals surface area contributed by atoms with Crippen molar-refractivity contribution >= 4 is 29.2 Å². The Morgan fingerprint density at radius 2 is 1.87 bits per heavy atom. The molecule has 0 atom stereocenters. The number of carbonyl (C=O) groups excluding carboxylic acids is 2. The molecule has 0 saturated carbocycles. The Bertz CT molecular complexity index is 1240. The second-order valence-electron chi connectivity index (χ2n) is 8.00. The molecule has 0 radical (unpaired) electrons. The Labute approximate surface area is 179 Å². The van der Waals surface area contributed by atoms with E-state index in [-0.39, 0.29) is 11.8 Å². The van der Waals surface area contributed by atoms with Gasteiger partial charge in [-0.25, -0.2) is 4.98 Å². The monoisotopic (exact) mass is 417 g/mol. The molecule has 9 nitrogen and oxygen atoms in total. The fourth-order valence-electron chi connectivity index (χ4n) is 4.01. The molecule has 5 rings (SSSR count). The van der Waals surface area contributed by atoms with Crippen molar-refractivity contribution in [3.63, 3.8) is 0 Å². The maximum atomic E-state index is 13.0. The van der Waals surface area contributed by atoms with Crippen molar-refractivity contribution < 1.29 is 9.59 Å². The molecule has 0 aromatic carbocycles. The number of aromatic amines is 1. The summed E-state index contributed by atoms with van der Waals surface area (Å²) in [4.78, 5) is 37.5. The van der Waals surface area contributed by atoms with Crippen LogP contribution in [-0.4, -0.2) is 68.5 Å². The lowest BCUT2D eigenvalue weighted by Crippen LogP contribution is -2.35. The molecule has 0 aliphatic carbocycles. The van der Waals surface area contributed by atoms with Gasteiger partial charge in [-0.3, -0.25) is 19.2 Å². The number of pyridine rings is 1. The summed E-state index contributed by atoms with van der Waals surface area (Å²) >= 11 is 0. The Balaban J connectivity index is 1.71. The zero-order valence-corrected chi connectivity index (χ0v) is 17.6. The first kappa shape index (κ1) is 19.3. The zero-order chi connectivity index (χ0) is 21.7. The largest absolute Gasteiger partial charge is 0.361 e. The minimum atomic E-state index is -0.239. The number of amides is 2. The molecule has 0 unspecified atom stereocenters. The number of carbonyl (C=O) groups is 2. The van der Waals surface area contributed by atoms with E-state index >= 15 is 0 Å². The van der Waals surface area contributed by atoms with Gasteiger partial charge in [-0.15, -0.1) is 0 Å². The second kappa shape index (κ2) is 7.21. The van der Waals surface area contributed by atoms with Crippen LogP contribution in [0.2, 0.25) is 0 Å². The van der Waals surface area contributed by atoms with Crippen LogP contribution in [0, 0.1) is 0 Å². The van der Waals surface area contributed by atoms with Gasteiger partial charge in [0.2, 0.25) is 0 Å². The minimum Gasteiger partial charge on any atom is -0.361 e. The first-order valence-electron chi connectivity index (χ1n) is 10.1. The molecular weight excluding hydrogens is 394 g/mol. The Morgan fingerprint density at radius 3 is 2.71 bits per heavy atom. The summed E-state index contributed by atoms with van der Waals surface area (Å²) in [6.45, 7) is 1.93. The number of rotatable bonds is 0. The lowest BCUT2D eigenvalue weighted by molar-refractivity contribution is -0.110. The normalized spacial score (nSPS) is 18.5. The molecule has 2 N–H and O–H groups in total. The number of aromatic nitrogens is 4. The third-order valence-electron chi connectivity index (χ3n) is 5.86. The molecule has 158 valence electrons. The number of fused-ring (bicyclic) bond motifs is 4. The van der Waals surface area contributed by atoms with E-state index in [1.54, 1.807) is 30.3 Å². The number of hydrogen-bond donors (Lipinski definition) is 2. The predicted octanol–water partition coefficient (Wildman–Crippen LogP) is 1.82. The highest BCUT2D eigenvalue weighted by Crippen LogP contribution is 2.35. The van der Waals surface area contributed by atoms with Gasteiger partial charge < -0.3 is 15.2 Å². The van der Waals surface area contributed by atoms with Crippen LogP contribution < -0.4 is 5.32 Å². The van der Waals surface area contributed by atoms with Gasteiger partial charge in [0.1, 0.15) is 5.69 Å². The quantitative estimate of drug-likeness (QED) is 0.581. The van der Waals surface area contributed by atoms with Crippen molar-refractivity contribution in [1.29, 1.82) is 0 Å². The SMILES string of the molecule is CN1CCN(C)C(=O)c2cc[nH]c2/C=C2\C(=O)Nc3ccc(nc32)-c2cnn(C)c2C1. The van der Waals surface area contributed by atoms with E-state index in [0.29, 0.717) is 47.8 Å². The molecule has 2 aliphatic heterocycles. The van der Waals surface area contributed by atoms with Crippen LogP contribution in [0.1, 0.15) is 27.4 Å². The van der Waals surface area contributed by atoms with Crippen LogP contribution in [-0.2, 0) is 18.4 Å². The molecule has 9 heteroatoms. The third-order valence-corrected chi connectivity index (χ3v) is 5.86. The average molecular weight is 417 g/mol. The van der Waals surface area contributed by atoms with E-state index in [2.05, 4.69) is 20.3 Å². The van der Waals surface area contributed by atoms with E-state index in [4.69, 9.17) is 4.98 Å². The molecule has 3 aromatic rings. The van der Waals surface area contributed by atoms with Gasteiger partial charge in [0, 0.05) is 45.5 Å². The third kappa shape index (κ3) is 3.23. The smallest absolute Gasteiger partial charge is 0.258 e. The van der Waals surface area contributed by atoms with Crippen molar-refractivity contribution in [2.45, 2.75) is 6.54 Å². The van der Waals surface area contributed by atoms with E-state index in [1.165, 1.54) is 0 Å². The first-order valence-corrected chi connectivity index (χ1v) is 10.1. The van der Waals surface area contributed by atoms with Gasteiger partial charge in [-0.05, 0) is 31.3 Å². The highest BCUT2D eigenvalue weighted by atomic mass is 16.2. The van der Waals surface area contributed by atoms with Crippen molar-refractivity contribution in [1.82, 2.24) is 29.5 Å². The summed E-state index contributed by atoms with van der Waals surface area (Å²) in [6, 6.07) is 5.51. The van der Waals surface area contributed by atoms with Crippen molar-refractivity contribution in [3.05, 3.63) is 53.2 Å². The van der Waals surface area contributed by atoms with Crippen molar-refractivity contribution in [2.75, 3.05) is 32.5 Å². The van der Waals surface area contributed by atoms with Gasteiger partial charge in [0.25, 0.3) is 11.8 Å². The molecule has 2 aliphatic rings. The highest BCUT2D eigenvalue weighted by Gasteiger charge is 2.28. The zero-order valence-electron chi connectivity index (χ0n) is 17.6. The Hall–Kier alpha value is -3.72. The summed E-state index contributed by atoms with van der Waals surface area (Å²) in [5, 5.41) is 7.30. The van der Waals surface area contributed by atoms with Gasteiger partial charge in [0.15, 0.2) is 0 Å². The summed E-state index contributed by atoms with van der Waals surface area (Å²) in [7, 11) is 5.72. The van der Waals surface area contributed by atoms with E-state index in [1.807, 2.05) is 37.1 Å². The van der Waals surface area contributed by atoms with E-state index < -0.39 is 0 Å². The maximum Gasteiger partial charge on any atom is 0.258 e. The molecular formula is C22H23N7O2. The number of H-pyrrole nitrogens is 1. The standard InChI is InChI=1S/C22H23N7O2/c1-27-8-9-28(2)22(31)13-6-7-23-18(13)10-14-20-17(26-21(14)30)5-4-16(25-20)15-11-24-29(3)19(15)12-27/h4-7,10-11,23H,8-9,12H2,1-3H3,(H,26,30)/b14-10-. The molecule has 0 spiro atoms. The summed E-state index contributed by atoms with van der Waals surface area (Å²) in [5.41, 5.74) is 5.47. The number of nitrogens with zero attached hydrogens (tertiary/aromatic N) is 5. The van der Waals surface area contributed by atoms with Crippen molar-refractivity contribution in [2.24, 2.45) is 7.05 Å². The van der Waals surface area contributed by atoms with Crippen molar-refractivity contribution in [3.8, 4) is 11.3 Å². The van der Waals surface area contributed by atoms with Gasteiger partial charge in [-0.2, -0.15) is 5.10 Å². The van der Waals surface area contributed by atoms with Crippen LogP contribution in [0.4, 0.5) is 5.69 Å². The number of anilines is 1. The van der Waals surface area contributed by atoms with Crippen LogP contribution in [0.25, 0.3) is 22.9 Å². The average Bonchev–Trinajstić information content (AvgIpc) is 3.44. The maximum absolute atomic E-state index is 13.0. The molecule has 2 bridgehead atoms. The fraction of sp³-hybridized carbons (Fsp3) is 0.273. The van der Waals surface area contributed by atoms with Gasteiger partial charge in [0.05, 0.1) is 40.1 Å². The summed E-state index contributed by atoms with van der Waals surface area (Å²) < 4.78 is 1.85. The van der Waals surface area contributed by atoms with Crippen LogP contribution >= 0.6 is 0 Å². The number of likely N-dealkylation sites (N-methyl/N-ethyl adjacent to an activating group) is 2. The molecule has 0 saturated heterocycles. The highest BCUT2D eigenvalue weighted by molar-refractivity contribution is 6.34. The Kier molecular flexibility index (Phi) is 4.48. The molecule has 3 aromatic heterocycles. The van der Waals surface area contributed by atoms with E-state index in [0.717, 1.165) is 17.0 Å². The summed E-state index contributed by atoms with van der Waals surface area (Å²) in [6.07, 6.45) is 5.22. The topological polar surface area (TPSA) is 99.2 Å². The van der Waals surface area contributed by atoms with Crippen LogP contribution in [0.15, 0.2) is 30.6 Å². The summed E-state index contributed by atoms with van der Waals surface area (Å²) in [5.74, 6) is -0.339. The lowest BCUT2D eigenvalue weighted by atomic mass is 10.1. The van der Waals surface area contributed by atoms with Gasteiger partial charge in [-0.1, -0.05) is 0 Å². The molecule has 31 heavy (non-hydrogen) atoms. The molecule has 0 fully saturated rings. The predicted molar refractivity (Wildman–Crippen MR) is 117 cm³/mol. The fourth-order valence-corrected chi connectivity index (χ4v) is 4.01. The first-order chi connectivity index (χ1) is 14.9. The number of hydrogen-bond acceptors (Lipinski definition) is 5. The number of aryl methyl sites for hydroxylation is 1. The minimum absolute atomic E-state index is 0.0991. The number of nitrogens with one attached hydrogen (secondary N) is 2. The van der Waals surface area contributed by atoms with Crippen LogP contribution in [0.5, 0.6) is 0 Å². The van der Waals surface area contributed by atoms with Gasteiger partial charge >= 0.3 is 0 Å².